The Morgan fingerprint density at radius 2 is 1.64 bits per heavy atom. The van der Waals surface area contributed by atoms with Crippen molar-refractivity contribution in [3.63, 3.8) is 0 Å². The van der Waals surface area contributed by atoms with Gasteiger partial charge in [-0.2, -0.15) is 13.2 Å². The van der Waals surface area contributed by atoms with Crippen molar-refractivity contribution in [2.24, 2.45) is 11.3 Å². The highest BCUT2D eigenvalue weighted by molar-refractivity contribution is 5.67. The third-order valence-electron chi connectivity index (χ3n) is 6.98. The van der Waals surface area contributed by atoms with Crippen LogP contribution in [0.25, 0.3) is 0 Å². The number of alkyl halides is 5. The molecule has 0 unspecified atom stereocenters. The summed E-state index contributed by atoms with van der Waals surface area (Å²) in [4.78, 5) is 13.5. The topological polar surface area (TPSA) is 40.5 Å². The van der Waals surface area contributed by atoms with Gasteiger partial charge in [-0.1, -0.05) is 74.9 Å². The number of halogens is 5. The minimum absolute atomic E-state index is 0.0809. The van der Waals surface area contributed by atoms with Crippen LogP contribution in [0.3, 0.4) is 0 Å². The highest BCUT2D eigenvalue weighted by Gasteiger charge is 2.53. The molecule has 0 radical (unpaired) electrons. The number of likely N-dealkylation sites (tertiary alicyclic amines) is 1. The number of aryl methyl sites for hydroxylation is 1. The molecule has 0 spiro atoms. The molecule has 1 aliphatic rings. The first kappa shape index (κ1) is 27.8. The summed E-state index contributed by atoms with van der Waals surface area (Å²) >= 11 is 0. The van der Waals surface area contributed by atoms with E-state index in [4.69, 9.17) is 0 Å². The highest BCUT2D eigenvalue weighted by Crippen LogP contribution is 2.52. The van der Waals surface area contributed by atoms with Gasteiger partial charge in [-0.15, -0.1) is 0 Å². The molecule has 0 aliphatic carbocycles. The standard InChI is InChI=1S/C28H32F5NO2/c1-17-6-8-20(9-7-17)25-22(16-23(35)36)27(29,30)14-15-34(25)24(18(2)26(3,4)5)19-10-12-21(13-11-19)28(31,32)33/h6-13,22,24-25H,2,14-16H2,1,3-5H3,(H,35,36)/t22-,24-,25-/m1/s1. The molecular weight excluding hydrogens is 477 g/mol. The molecule has 0 aromatic heterocycles. The Balaban J connectivity index is 2.21. The Morgan fingerprint density at radius 3 is 2.11 bits per heavy atom. The Morgan fingerprint density at radius 1 is 1.08 bits per heavy atom. The fraction of sp³-hybridized carbons (Fsp3) is 0.464. The summed E-state index contributed by atoms with van der Waals surface area (Å²) in [6.07, 6.45) is -5.83. The number of carboxylic acids is 1. The second-order valence-electron chi connectivity index (χ2n) is 10.6. The Bertz CT molecular complexity index is 1080. The molecule has 0 amide bonds. The Kier molecular flexibility index (Phi) is 7.70. The molecular formula is C28H32F5NO2. The molecule has 3 rings (SSSR count). The second kappa shape index (κ2) is 9.96. The zero-order chi connectivity index (χ0) is 27.1. The first-order valence-corrected chi connectivity index (χ1v) is 11.8. The van der Waals surface area contributed by atoms with Crippen LogP contribution in [0.4, 0.5) is 22.0 Å². The first-order valence-electron chi connectivity index (χ1n) is 11.8. The number of hydrogen-bond donors (Lipinski definition) is 1. The van der Waals surface area contributed by atoms with E-state index in [-0.39, 0.29) is 6.54 Å². The maximum Gasteiger partial charge on any atom is 0.416 e. The van der Waals surface area contributed by atoms with E-state index >= 15 is 8.78 Å². The van der Waals surface area contributed by atoms with Gasteiger partial charge in [0.25, 0.3) is 5.92 Å². The van der Waals surface area contributed by atoms with Crippen LogP contribution in [0.1, 0.15) is 68.0 Å². The predicted molar refractivity (Wildman–Crippen MR) is 129 cm³/mol. The molecule has 36 heavy (non-hydrogen) atoms. The van der Waals surface area contributed by atoms with Gasteiger partial charge in [-0.05, 0) is 35.6 Å². The SMILES string of the molecule is C=C([C@H](c1ccc(C(F)(F)F)cc1)N1CCC(F)(F)[C@H](CC(=O)O)[C@H]1c1ccc(C)cc1)C(C)(C)C. The lowest BCUT2D eigenvalue weighted by Crippen LogP contribution is -2.51. The third-order valence-corrected chi connectivity index (χ3v) is 6.98. The van der Waals surface area contributed by atoms with Crippen LogP contribution in [0.5, 0.6) is 0 Å². The van der Waals surface area contributed by atoms with E-state index in [1.54, 1.807) is 29.2 Å². The van der Waals surface area contributed by atoms with Crippen molar-refractivity contribution in [3.8, 4) is 0 Å². The fourth-order valence-electron chi connectivity index (χ4n) is 4.85. The van der Waals surface area contributed by atoms with E-state index in [0.717, 1.165) is 17.7 Å². The molecule has 3 nitrogen and oxygen atoms in total. The van der Waals surface area contributed by atoms with Crippen molar-refractivity contribution < 1.29 is 31.9 Å². The molecule has 1 aliphatic heterocycles. The van der Waals surface area contributed by atoms with Gasteiger partial charge in [0.15, 0.2) is 0 Å². The van der Waals surface area contributed by atoms with E-state index < -0.39 is 59.9 Å². The van der Waals surface area contributed by atoms with Crippen molar-refractivity contribution >= 4 is 5.97 Å². The van der Waals surface area contributed by atoms with Crippen LogP contribution in [0.2, 0.25) is 0 Å². The van der Waals surface area contributed by atoms with E-state index in [0.29, 0.717) is 16.7 Å². The summed E-state index contributed by atoms with van der Waals surface area (Å²) in [5.74, 6) is -6.10. The van der Waals surface area contributed by atoms with E-state index in [1.807, 2.05) is 27.7 Å². The largest absolute Gasteiger partial charge is 0.481 e. The first-order chi connectivity index (χ1) is 16.5. The molecule has 8 heteroatoms. The quantitative estimate of drug-likeness (QED) is 0.319. The summed E-state index contributed by atoms with van der Waals surface area (Å²) in [7, 11) is 0. The maximum atomic E-state index is 15.3. The maximum absolute atomic E-state index is 15.3. The van der Waals surface area contributed by atoms with Crippen LogP contribution in [0, 0.1) is 18.3 Å². The molecule has 2 aromatic rings. The number of benzene rings is 2. The number of aliphatic carboxylic acids is 1. The van der Waals surface area contributed by atoms with Gasteiger partial charge in [0, 0.05) is 19.0 Å². The molecule has 1 fully saturated rings. The lowest BCUT2D eigenvalue weighted by Gasteiger charge is -2.50. The summed E-state index contributed by atoms with van der Waals surface area (Å²) < 4.78 is 70.2. The van der Waals surface area contributed by atoms with E-state index in [2.05, 4.69) is 6.58 Å². The van der Waals surface area contributed by atoms with Crippen LogP contribution >= 0.6 is 0 Å². The Hall–Kier alpha value is -2.74. The monoisotopic (exact) mass is 509 g/mol. The van der Waals surface area contributed by atoms with E-state index in [9.17, 15) is 23.1 Å². The van der Waals surface area contributed by atoms with Gasteiger partial charge >= 0.3 is 12.1 Å². The molecule has 1 N–H and O–H groups in total. The van der Waals surface area contributed by atoms with Crippen LogP contribution < -0.4 is 0 Å². The smallest absolute Gasteiger partial charge is 0.416 e. The van der Waals surface area contributed by atoms with Crippen LogP contribution in [-0.2, 0) is 11.0 Å². The van der Waals surface area contributed by atoms with Crippen LogP contribution in [-0.4, -0.2) is 28.4 Å². The minimum Gasteiger partial charge on any atom is -0.481 e. The average Bonchev–Trinajstić information content (AvgIpc) is 2.76. The van der Waals surface area contributed by atoms with Gasteiger partial charge in [-0.25, -0.2) is 8.78 Å². The van der Waals surface area contributed by atoms with Gasteiger partial charge in [0.1, 0.15) is 0 Å². The van der Waals surface area contributed by atoms with E-state index in [1.165, 1.54) is 12.1 Å². The average molecular weight is 510 g/mol. The Labute approximate surface area is 208 Å². The number of nitrogens with zero attached hydrogens (tertiary/aromatic N) is 1. The molecule has 0 saturated carbocycles. The number of rotatable bonds is 6. The van der Waals surface area contributed by atoms with Crippen molar-refractivity contribution in [1.82, 2.24) is 4.90 Å². The van der Waals surface area contributed by atoms with Crippen LogP contribution in [0.15, 0.2) is 60.7 Å². The minimum atomic E-state index is -4.51. The molecule has 196 valence electrons. The lowest BCUT2D eigenvalue weighted by atomic mass is 9.74. The number of carboxylic acid groups (broad SMARTS) is 1. The van der Waals surface area contributed by atoms with Crippen molar-refractivity contribution in [2.75, 3.05) is 6.54 Å². The van der Waals surface area contributed by atoms with Gasteiger partial charge in [0.2, 0.25) is 0 Å². The summed E-state index contributed by atoms with van der Waals surface area (Å²) in [5, 5.41) is 9.52. The highest BCUT2D eigenvalue weighted by atomic mass is 19.4. The zero-order valence-electron chi connectivity index (χ0n) is 20.9. The fourth-order valence-corrected chi connectivity index (χ4v) is 4.85. The predicted octanol–water partition coefficient (Wildman–Crippen LogP) is 7.83. The third kappa shape index (κ3) is 5.97. The normalized spacial score (nSPS) is 21.7. The molecule has 1 heterocycles. The summed E-state index contributed by atoms with van der Waals surface area (Å²) in [6.45, 7) is 11.7. The van der Waals surface area contributed by atoms with Gasteiger partial charge < -0.3 is 5.11 Å². The molecule has 1 saturated heterocycles. The number of carbonyl (C=O) groups is 1. The number of hydrogen-bond acceptors (Lipinski definition) is 2. The molecule has 0 bridgehead atoms. The molecule has 3 atom stereocenters. The van der Waals surface area contributed by atoms with Crippen molar-refractivity contribution in [1.29, 1.82) is 0 Å². The zero-order valence-corrected chi connectivity index (χ0v) is 20.9. The van der Waals surface area contributed by atoms with Gasteiger partial charge in [-0.3, -0.25) is 9.69 Å². The summed E-state index contributed by atoms with van der Waals surface area (Å²) in [6, 6.07) is 9.97. The molecule has 2 aromatic carbocycles. The second-order valence-corrected chi connectivity index (χ2v) is 10.6. The summed E-state index contributed by atoms with van der Waals surface area (Å²) in [5.41, 5.74) is 1.26. The lowest BCUT2D eigenvalue weighted by molar-refractivity contribution is -0.161. The van der Waals surface area contributed by atoms with Crippen molar-refractivity contribution in [2.45, 2.75) is 64.7 Å². The number of piperidine rings is 1. The van der Waals surface area contributed by atoms with Crippen molar-refractivity contribution in [3.05, 3.63) is 82.9 Å². The van der Waals surface area contributed by atoms with Gasteiger partial charge in [0.05, 0.1) is 23.9 Å².